The monoisotopic (exact) mass is 378 g/mol. The van der Waals surface area contributed by atoms with Gasteiger partial charge in [-0.05, 0) is 40.8 Å². The smallest absolute Gasteiger partial charge is 0.351 e. The minimum atomic E-state index is -4.30. The number of fused-ring (bicyclic) bond motifs is 1. The van der Waals surface area contributed by atoms with Gasteiger partial charge in [0.15, 0.2) is 0 Å². The molecule has 0 N–H and O–H groups in total. The summed E-state index contributed by atoms with van der Waals surface area (Å²) in [6.07, 6.45) is 3.09. The summed E-state index contributed by atoms with van der Waals surface area (Å²) >= 11 is 0. The zero-order chi connectivity index (χ0) is 17.9. The molecule has 2 nitrogen and oxygen atoms in total. The number of nitrogens with zero attached hydrogens (tertiary/aromatic N) is 2. The Labute approximate surface area is 156 Å². The van der Waals surface area contributed by atoms with Gasteiger partial charge in [0.1, 0.15) is 0 Å². The average molecular weight is 379 g/mol. The molecule has 0 amide bonds. The van der Waals surface area contributed by atoms with Crippen LogP contribution in [0.5, 0.6) is 0 Å². The second-order valence-corrected chi connectivity index (χ2v) is 5.76. The van der Waals surface area contributed by atoms with Crippen LogP contribution >= 0.6 is 12.4 Å². The molecule has 0 fully saturated rings. The Balaban J connectivity index is 0.00000243. The second kappa shape index (κ2) is 8.23. The normalized spacial score (nSPS) is 12.2. The van der Waals surface area contributed by atoms with Crippen molar-refractivity contribution in [1.29, 1.82) is 0 Å². The summed E-state index contributed by atoms with van der Waals surface area (Å²) in [6, 6.07) is 13.2. The number of alkyl halides is 3. The molecule has 26 heavy (non-hydrogen) atoms. The fourth-order valence-corrected chi connectivity index (χ4v) is 2.55. The zero-order valence-electron chi connectivity index (χ0n) is 14.1. The maximum atomic E-state index is 12.5. The molecule has 0 radical (unpaired) electrons. The lowest BCUT2D eigenvalue weighted by Gasteiger charge is -2.05. The third-order valence-corrected chi connectivity index (χ3v) is 3.91. The number of hydrogen-bond donors (Lipinski definition) is 0. The molecule has 0 atom stereocenters. The molecular formula is C20H18ClF3N2. The standard InChI is InChI=1S/C20H17F3N2.ClH/c1-25-12-10-17-7-4-16(13-19(17)25)14-24-11-2-3-15-5-8-18(9-6-15)20(21,22)23;/h2-10,12-14H,11H2,1H3;1H/b3-2+,24-14?;. The minimum Gasteiger partial charge on any atom is -0.351 e. The van der Waals surface area contributed by atoms with Gasteiger partial charge >= 0.3 is 6.18 Å². The van der Waals surface area contributed by atoms with Gasteiger partial charge in [-0.1, -0.05) is 36.4 Å². The van der Waals surface area contributed by atoms with Crippen molar-refractivity contribution in [3.05, 3.63) is 77.5 Å². The van der Waals surface area contributed by atoms with Gasteiger partial charge in [-0.15, -0.1) is 12.4 Å². The van der Waals surface area contributed by atoms with E-state index >= 15 is 0 Å². The van der Waals surface area contributed by atoms with Crippen LogP contribution in [-0.4, -0.2) is 17.3 Å². The third-order valence-electron chi connectivity index (χ3n) is 3.91. The van der Waals surface area contributed by atoms with Crippen LogP contribution < -0.4 is 0 Å². The molecule has 0 saturated carbocycles. The Bertz CT molecular complexity index is 922. The van der Waals surface area contributed by atoms with Crippen LogP contribution in [0.4, 0.5) is 13.2 Å². The summed E-state index contributed by atoms with van der Waals surface area (Å²) in [5, 5.41) is 1.18. The molecule has 0 aliphatic heterocycles. The van der Waals surface area contributed by atoms with Crippen molar-refractivity contribution in [3.63, 3.8) is 0 Å². The Morgan fingerprint density at radius 3 is 2.38 bits per heavy atom. The SMILES string of the molecule is Cl.Cn1ccc2ccc(C=NC/C=C/c3ccc(C(F)(F)F)cc3)cc21. The van der Waals surface area contributed by atoms with Crippen LogP contribution in [0.2, 0.25) is 0 Å². The number of aliphatic imine (C=N–C) groups is 1. The highest BCUT2D eigenvalue weighted by Crippen LogP contribution is 2.29. The van der Waals surface area contributed by atoms with E-state index in [1.807, 2.05) is 25.4 Å². The van der Waals surface area contributed by atoms with Crippen molar-refractivity contribution in [1.82, 2.24) is 4.57 Å². The number of hydrogen-bond acceptors (Lipinski definition) is 1. The summed E-state index contributed by atoms with van der Waals surface area (Å²) in [7, 11) is 2.00. The van der Waals surface area contributed by atoms with Crippen molar-refractivity contribution in [2.24, 2.45) is 12.0 Å². The van der Waals surface area contributed by atoms with Crippen LogP contribution in [-0.2, 0) is 13.2 Å². The topological polar surface area (TPSA) is 17.3 Å². The van der Waals surface area contributed by atoms with E-state index in [1.54, 1.807) is 12.3 Å². The summed E-state index contributed by atoms with van der Waals surface area (Å²) in [5.74, 6) is 0. The van der Waals surface area contributed by atoms with E-state index in [4.69, 9.17) is 0 Å². The fourth-order valence-electron chi connectivity index (χ4n) is 2.55. The van der Waals surface area contributed by atoms with Gasteiger partial charge in [0.05, 0.1) is 12.1 Å². The summed E-state index contributed by atoms with van der Waals surface area (Å²) in [5.41, 5.74) is 2.23. The largest absolute Gasteiger partial charge is 0.416 e. The Morgan fingerprint density at radius 2 is 1.69 bits per heavy atom. The van der Waals surface area contributed by atoms with Crippen molar-refractivity contribution >= 4 is 35.6 Å². The highest BCUT2D eigenvalue weighted by Gasteiger charge is 2.29. The summed E-state index contributed by atoms with van der Waals surface area (Å²) < 4.78 is 39.5. The summed E-state index contributed by atoms with van der Waals surface area (Å²) in [4.78, 5) is 4.33. The average Bonchev–Trinajstić information content (AvgIpc) is 2.95. The molecule has 0 spiro atoms. The number of halogens is 4. The lowest BCUT2D eigenvalue weighted by Crippen LogP contribution is -2.03. The van der Waals surface area contributed by atoms with Gasteiger partial charge in [0.25, 0.3) is 0 Å². The molecule has 6 heteroatoms. The first kappa shape index (κ1) is 19.8. The zero-order valence-corrected chi connectivity index (χ0v) is 14.9. The van der Waals surface area contributed by atoms with Gasteiger partial charge in [-0.25, -0.2) is 0 Å². The van der Waals surface area contributed by atoms with Gasteiger partial charge in [0.2, 0.25) is 0 Å². The van der Waals surface area contributed by atoms with Gasteiger partial charge in [0, 0.05) is 25.0 Å². The highest BCUT2D eigenvalue weighted by atomic mass is 35.5. The van der Waals surface area contributed by atoms with Crippen LogP contribution in [0.3, 0.4) is 0 Å². The lowest BCUT2D eigenvalue weighted by molar-refractivity contribution is -0.137. The number of aromatic nitrogens is 1. The Morgan fingerprint density at radius 1 is 1.00 bits per heavy atom. The van der Waals surface area contributed by atoms with Crippen molar-refractivity contribution in [3.8, 4) is 0 Å². The maximum absolute atomic E-state index is 12.5. The van der Waals surface area contributed by atoms with Gasteiger partial charge < -0.3 is 4.57 Å². The summed E-state index contributed by atoms with van der Waals surface area (Å²) in [6.45, 7) is 0.464. The van der Waals surface area contributed by atoms with E-state index < -0.39 is 11.7 Å². The Kier molecular flexibility index (Phi) is 6.27. The maximum Gasteiger partial charge on any atom is 0.416 e. The van der Waals surface area contributed by atoms with Gasteiger partial charge in [-0.3, -0.25) is 4.99 Å². The van der Waals surface area contributed by atoms with Crippen LogP contribution in [0.15, 0.2) is 65.8 Å². The van der Waals surface area contributed by atoms with Crippen LogP contribution in [0.1, 0.15) is 16.7 Å². The molecule has 0 aliphatic rings. The van der Waals surface area contributed by atoms with Crippen LogP contribution in [0.25, 0.3) is 17.0 Å². The third kappa shape index (κ3) is 4.76. The molecule has 0 bridgehead atoms. The van der Waals surface area contributed by atoms with Crippen molar-refractivity contribution < 1.29 is 13.2 Å². The van der Waals surface area contributed by atoms with E-state index in [-0.39, 0.29) is 12.4 Å². The van der Waals surface area contributed by atoms with E-state index in [0.717, 1.165) is 23.2 Å². The van der Waals surface area contributed by atoms with Gasteiger partial charge in [-0.2, -0.15) is 13.2 Å². The number of aryl methyl sites for hydroxylation is 1. The highest BCUT2D eigenvalue weighted by molar-refractivity contribution is 5.89. The molecule has 3 aromatic rings. The quantitative estimate of drug-likeness (QED) is 0.514. The second-order valence-electron chi connectivity index (χ2n) is 5.76. The first-order valence-corrected chi connectivity index (χ1v) is 7.82. The Hall–Kier alpha value is -2.53. The number of benzene rings is 2. The predicted molar refractivity (Wildman–Crippen MR) is 103 cm³/mol. The molecule has 136 valence electrons. The molecule has 1 heterocycles. The first-order chi connectivity index (χ1) is 11.9. The molecular weight excluding hydrogens is 361 g/mol. The first-order valence-electron chi connectivity index (χ1n) is 7.82. The van der Waals surface area contributed by atoms with Crippen LogP contribution in [0, 0.1) is 0 Å². The molecule has 3 rings (SSSR count). The fraction of sp³-hybridized carbons (Fsp3) is 0.150. The van der Waals surface area contributed by atoms with E-state index in [1.165, 1.54) is 17.5 Å². The van der Waals surface area contributed by atoms with Crippen molar-refractivity contribution in [2.75, 3.05) is 6.54 Å². The van der Waals surface area contributed by atoms with E-state index in [2.05, 4.69) is 27.8 Å². The molecule has 0 aliphatic carbocycles. The molecule has 0 saturated heterocycles. The number of rotatable bonds is 4. The molecule has 2 aromatic carbocycles. The molecule has 0 unspecified atom stereocenters. The van der Waals surface area contributed by atoms with E-state index in [9.17, 15) is 13.2 Å². The predicted octanol–water partition coefficient (Wildman–Crippen LogP) is 5.75. The van der Waals surface area contributed by atoms with E-state index in [0.29, 0.717) is 12.1 Å². The van der Waals surface area contributed by atoms with Crippen molar-refractivity contribution in [2.45, 2.75) is 6.18 Å². The lowest BCUT2D eigenvalue weighted by atomic mass is 10.1. The molecule has 1 aromatic heterocycles. The minimum absolute atomic E-state index is 0.